The molecule has 0 radical (unpaired) electrons. The SMILES string of the molecule is COCC(OC)C(OC)C1OC(OC)(C(=O)OC)CC(C)C1N(C)C(C)=O. The second-order valence-electron chi connectivity index (χ2n) is 6.76. The van der Waals surface area contributed by atoms with Gasteiger partial charge < -0.3 is 33.3 Å². The zero-order chi connectivity index (χ0) is 20.8. The summed E-state index contributed by atoms with van der Waals surface area (Å²) < 4.78 is 32.9. The van der Waals surface area contributed by atoms with Crippen molar-refractivity contribution < 1.29 is 38.0 Å². The maximum Gasteiger partial charge on any atom is 0.366 e. The summed E-state index contributed by atoms with van der Waals surface area (Å²) in [7, 11) is 8.97. The first-order chi connectivity index (χ1) is 12.7. The van der Waals surface area contributed by atoms with Crippen LogP contribution in [0, 0.1) is 5.92 Å². The second-order valence-corrected chi connectivity index (χ2v) is 6.76. The Bertz CT molecular complexity index is 502. The van der Waals surface area contributed by atoms with E-state index in [0.717, 1.165) is 0 Å². The summed E-state index contributed by atoms with van der Waals surface area (Å²) in [5.41, 5.74) is 0. The van der Waals surface area contributed by atoms with E-state index in [4.69, 9.17) is 28.4 Å². The summed E-state index contributed by atoms with van der Waals surface area (Å²) >= 11 is 0. The average Bonchev–Trinajstić information content (AvgIpc) is 2.65. The van der Waals surface area contributed by atoms with Gasteiger partial charge in [-0.2, -0.15) is 0 Å². The molecule has 0 bridgehead atoms. The molecule has 1 aliphatic heterocycles. The van der Waals surface area contributed by atoms with Crippen molar-refractivity contribution in [1.29, 1.82) is 0 Å². The molecule has 1 heterocycles. The summed E-state index contributed by atoms with van der Waals surface area (Å²) in [6.07, 6.45) is -1.59. The van der Waals surface area contributed by atoms with Crippen LogP contribution in [0.4, 0.5) is 0 Å². The molecule has 6 unspecified atom stereocenters. The summed E-state index contributed by atoms with van der Waals surface area (Å²) in [6.45, 7) is 3.66. The molecule has 6 atom stereocenters. The fourth-order valence-corrected chi connectivity index (χ4v) is 3.74. The highest BCUT2D eigenvalue weighted by Gasteiger charge is 2.56. The lowest BCUT2D eigenvalue weighted by Crippen LogP contribution is -2.66. The molecule has 0 saturated carbocycles. The van der Waals surface area contributed by atoms with Crippen LogP contribution in [-0.4, -0.2) is 96.1 Å². The van der Waals surface area contributed by atoms with Gasteiger partial charge in [0.05, 0.1) is 19.8 Å². The number of rotatable bonds is 9. The molecule has 1 amide bonds. The van der Waals surface area contributed by atoms with E-state index in [1.54, 1.807) is 19.1 Å². The molecular weight excluding hydrogens is 358 g/mol. The Balaban J connectivity index is 3.40. The molecular formula is C18H33NO8. The van der Waals surface area contributed by atoms with Crippen molar-refractivity contribution >= 4 is 11.9 Å². The maximum atomic E-state index is 12.4. The van der Waals surface area contributed by atoms with Crippen LogP contribution in [0.15, 0.2) is 0 Å². The van der Waals surface area contributed by atoms with Crippen molar-refractivity contribution in [1.82, 2.24) is 4.90 Å². The minimum Gasteiger partial charge on any atom is -0.465 e. The molecule has 1 rings (SSSR count). The molecule has 1 saturated heterocycles. The van der Waals surface area contributed by atoms with E-state index in [-0.39, 0.29) is 30.9 Å². The van der Waals surface area contributed by atoms with Gasteiger partial charge in [-0.15, -0.1) is 0 Å². The number of hydrogen-bond donors (Lipinski definition) is 0. The van der Waals surface area contributed by atoms with E-state index < -0.39 is 30.1 Å². The summed E-state index contributed by atoms with van der Waals surface area (Å²) in [5, 5.41) is 0. The van der Waals surface area contributed by atoms with Crippen molar-refractivity contribution in [2.45, 2.75) is 50.4 Å². The molecule has 0 aliphatic carbocycles. The Labute approximate surface area is 161 Å². The topological polar surface area (TPSA) is 92.8 Å². The number of carbonyl (C=O) groups is 2. The molecule has 9 heteroatoms. The van der Waals surface area contributed by atoms with Crippen LogP contribution in [-0.2, 0) is 38.0 Å². The molecule has 0 aromatic heterocycles. The summed E-state index contributed by atoms with van der Waals surface area (Å²) in [5.74, 6) is -2.50. The van der Waals surface area contributed by atoms with Gasteiger partial charge in [0.2, 0.25) is 5.91 Å². The van der Waals surface area contributed by atoms with E-state index >= 15 is 0 Å². The lowest BCUT2D eigenvalue weighted by molar-refractivity contribution is -0.307. The van der Waals surface area contributed by atoms with Crippen LogP contribution in [0.25, 0.3) is 0 Å². The van der Waals surface area contributed by atoms with Gasteiger partial charge in [-0.1, -0.05) is 6.92 Å². The largest absolute Gasteiger partial charge is 0.465 e. The molecule has 27 heavy (non-hydrogen) atoms. The van der Waals surface area contributed by atoms with Crippen LogP contribution < -0.4 is 0 Å². The lowest BCUT2D eigenvalue weighted by Gasteiger charge is -2.50. The number of likely N-dealkylation sites (N-methyl/N-ethyl adjacent to an activating group) is 1. The number of ether oxygens (including phenoxy) is 6. The van der Waals surface area contributed by atoms with Crippen molar-refractivity contribution in [3.8, 4) is 0 Å². The highest BCUT2D eigenvalue weighted by Crippen LogP contribution is 2.39. The molecule has 0 aromatic carbocycles. The summed E-state index contributed by atoms with van der Waals surface area (Å²) in [4.78, 5) is 26.1. The van der Waals surface area contributed by atoms with Gasteiger partial charge >= 0.3 is 5.97 Å². The maximum absolute atomic E-state index is 12.4. The standard InChI is InChI=1S/C18H33NO8/c1-11-9-18(26-8,17(21)25-7)27-16(14(11)19(3)12(2)20)15(24-6)13(23-5)10-22-4/h11,13-16H,9-10H2,1-8H3. The van der Waals surface area contributed by atoms with Gasteiger partial charge in [0, 0.05) is 48.8 Å². The van der Waals surface area contributed by atoms with Crippen LogP contribution in [0.2, 0.25) is 0 Å². The van der Waals surface area contributed by atoms with Gasteiger partial charge in [-0.05, 0) is 5.92 Å². The highest BCUT2D eigenvalue weighted by molar-refractivity contribution is 5.78. The molecule has 158 valence electrons. The molecule has 9 nitrogen and oxygen atoms in total. The highest BCUT2D eigenvalue weighted by atomic mass is 16.7. The van der Waals surface area contributed by atoms with Crippen molar-refractivity contribution in [2.24, 2.45) is 5.92 Å². The van der Waals surface area contributed by atoms with Gasteiger partial charge in [0.1, 0.15) is 18.3 Å². The zero-order valence-electron chi connectivity index (χ0n) is 17.5. The number of hydrogen-bond acceptors (Lipinski definition) is 8. The van der Waals surface area contributed by atoms with Crippen molar-refractivity contribution in [2.75, 3.05) is 49.2 Å². The Kier molecular flexibility index (Phi) is 9.10. The quantitative estimate of drug-likeness (QED) is 0.523. The average molecular weight is 391 g/mol. The van der Waals surface area contributed by atoms with E-state index in [1.807, 2.05) is 6.92 Å². The van der Waals surface area contributed by atoms with Crippen molar-refractivity contribution in [3.63, 3.8) is 0 Å². The third-order valence-corrected chi connectivity index (χ3v) is 5.20. The van der Waals surface area contributed by atoms with Crippen LogP contribution in [0.1, 0.15) is 20.3 Å². The number of nitrogens with zero attached hydrogens (tertiary/aromatic N) is 1. The monoisotopic (exact) mass is 391 g/mol. The second kappa shape index (κ2) is 10.3. The molecule has 0 spiro atoms. The van der Waals surface area contributed by atoms with Gasteiger partial charge in [-0.3, -0.25) is 4.79 Å². The smallest absolute Gasteiger partial charge is 0.366 e. The first-order valence-electron chi connectivity index (χ1n) is 8.82. The lowest BCUT2D eigenvalue weighted by atomic mass is 9.82. The Morgan fingerprint density at radius 3 is 2.22 bits per heavy atom. The Hall–Kier alpha value is -1.26. The first-order valence-corrected chi connectivity index (χ1v) is 8.82. The minimum atomic E-state index is -1.59. The fraction of sp³-hybridized carbons (Fsp3) is 0.889. The van der Waals surface area contributed by atoms with Crippen LogP contribution in [0.5, 0.6) is 0 Å². The third-order valence-electron chi connectivity index (χ3n) is 5.20. The molecule has 0 N–H and O–H groups in total. The Morgan fingerprint density at radius 1 is 1.19 bits per heavy atom. The van der Waals surface area contributed by atoms with E-state index in [1.165, 1.54) is 35.4 Å². The fourth-order valence-electron chi connectivity index (χ4n) is 3.74. The molecule has 1 fully saturated rings. The van der Waals surface area contributed by atoms with Crippen molar-refractivity contribution in [3.05, 3.63) is 0 Å². The molecule has 1 aliphatic rings. The third kappa shape index (κ3) is 4.97. The zero-order valence-corrected chi connectivity index (χ0v) is 17.5. The van der Waals surface area contributed by atoms with Gasteiger partial charge in [0.25, 0.3) is 5.79 Å². The number of esters is 1. The van der Waals surface area contributed by atoms with Crippen LogP contribution in [0.3, 0.4) is 0 Å². The van der Waals surface area contributed by atoms with E-state index in [2.05, 4.69) is 0 Å². The van der Waals surface area contributed by atoms with E-state index in [0.29, 0.717) is 0 Å². The number of carbonyl (C=O) groups excluding carboxylic acids is 2. The Morgan fingerprint density at radius 2 is 1.81 bits per heavy atom. The van der Waals surface area contributed by atoms with Gasteiger partial charge in [0.15, 0.2) is 0 Å². The van der Waals surface area contributed by atoms with Crippen LogP contribution >= 0.6 is 0 Å². The first kappa shape index (κ1) is 23.8. The minimum absolute atomic E-state index is 0.126. The molecule has 0 aromatic rings. The number of methoxy groups -OCH3 is 5. The number of amides is 1. The predicted octanol–water partition coefficient (Wildman–Crippen LogP) is 0.450. The predicted molar refractivity (Wildman–Crippen MR) is 96.1 cm³/mol. The van der Waals surface area contributed by atoms with E-state index in [9.17, 15) is 9.59 Å². The summed E-state index contributed by atoms with van der Waals surface area (Å²) in [6, 6.07) is -0.366. The normalized spacial score (nSPS) is 30.4. The van der Waals surface area contributed by atoms with Gasteiger partial charge in [-0.25, -0.2) is 4.79 Å².